The summed E-state index contributed by atoms with van der Waals surface area (Å²) in [5, 5.41) is 0. The Morgan fingerprint density at radius 1 is 1.25 bits per heavy atom. The van der Waals surface area contributed by atoms with Crippen molar-refractivity contribution in [2.45, 2.75) is 25.8 Å². The summed E-state index contributed by atoms with van der Waals surface area (Å²) in [6.07, 6.45) is 0. The second-order valence-electron chi connectivity index (χ2n) is 5.20. The van der Waals surface area contributed by atoms with Crippen LogP contribution >= 0.6 is 0 Å². The van der Waals surface area contributed by atoms with Crippen molar-refractivity contribution in [1.29, 1.82) is 0 Å². The highest BCUT2D eigenvalue weighted by molar-refractivity contribution is 5.52. The van der Waals surface area contributed by atoms with Gasteiger partial charge >= 0.3 is 0 Å². The first-order chi connectivity index (χ1) is 7.62. The molecular weight excluding hydrogens is 202 g/mol. The van der Waals surface area contributed by atoms with Gasteiger partial charge in [0.15, 0.2) is 11.5 Å². The fourth-order valence-corrected chi connectivity index (χ4v) is 2.61. The number of para-hydroxylation sites is 1. The second kappa shape index (κ2) is 3.14. The predicted octanol–water partition coefficient (Wildman–Crippen LogP) is 1.91. The third-order valence-electron chi connectivity index (χ3n) is 3.84. The Kier molecular flexibility index (Phi) is 1.96. The van der Waals surface area contributed by atoms with Gasteiger partial charge in [-0.1, -0.05) is 26.0 Å². The smallest absolute Gasteiger partial charge is 0.164 e. The fraction of sp³-hybridized carbons (Fsp3) is 0.538. The zero-order chi connectivity index (χ0) is 11.3. The quantitative estimate of drug-likeness (QED) is 0.784. The van der Waals surface area contributed by atoms with E-state index in [9.17, 15) is 0 Å². The number of nitrogens with two attached hydrogens (primary N) is 1. The molecule has 2 aliphatic rings. The average Bonchev–Trinajstić information content (AvgIpc) is 2.77. The summed E-state index contributed by atoms with van der Waals surface area (Å²) in [6.45, 7) is 5.67. The largest absolute Gasteiger partial charge is 0.486 e. The highest BCUT2D eigenvalue weighted by atomic mass is 16.6. The molecule has 0 unspecified atom stereocenters. The van der Waals surface area contributed by atoms with Crippen LogP contribution in [-0.2, 0) is 0 Å². The van der Waals surface area contributed by atoms with Crippen LogP contribution in [0.2, 0.25) is 0 Å². The molecule has 0 aromatic heterocycles. The van der Waals surface area contributed by atoms with Crippen LogP contribution in [0.25, 0.3) is 0 Å². The summed E-state index contributed by atoms with van der Waals surface area (Å²) >= 11 is 0. The van der Waals surface area contributed by atoms with Crippen molar-refractivity contribution in [2.24, 2.45) is 11.1 Å². The maximum Gasteiger partial charge on any atom is 0.164 e. The van der Waals surface area contributed by atoms with Gasteiger partial charge in [0.25, 0.3) is 0 Å². The van der Waals surface area contributed by atoms with Crippen LogP contribution < -0.4 is 15.2 Å². The molecule has 1 aromatic carbocycles. The minimum atomic E-state index is 0.177. The van der Waals surface area contributed by atoms with Gasteiger partial charge in [-0.25, -0.2) is 0 Å². The number of fused-ring (bicyclic) bond motifs is 1. The third-order valence-corrected chi connectivity index (χ3v) is 3.84. The summed E-state index contributed by atoms with van der Waals surface area (Å²) in [5.41, 5.74) is 7.49. The number of hydrogen-bond acceptors (Lipinski definition) is 3. The van der Waals surface area contributed by atoms with Crippen LogP contribution in [-0.4, -0.2) is 19.3 Å². The van der Waals surface area contributed by atoms with E-state index >= 15 is 0 Å². The molecular formula is C13H17NO2. The Hall–Kier alpha value is -1.22. The van der Waals surface area contributed by atoms with Crippen molar-refractivity contribution in [3.63, 3.8) is 0 Å². The molecule has 16 heavy (non-hydrogen) atoms. The molecule has 1 aliphatic heterocycles. The molecule has 2 N–H and O–H groups in total. The summed E-state index contributed by atoms with van der Waals surface area (Å²) in [5.74, 6) is 2.16. The van der Waals surface area contributed by atoms with Crippen molar-refractivity contribution < 1.29 is 9.47 Å². The maximum atomic E-state index is 6.11. The number of benzene rings is 1. The molecule has 86 valence electrons. The second-order valence-corrected chi connectivity index (χ2v) is 5.20. The topological polar surface area (TPSA) is 44.5 Å². The lowest BCUT2D eigenvalue weighted by atomic mass is 10.0. The molecule has 1 saturated carbocycles. The molecule has 0 saturated heterocycles. The van der Waals surface area contributed by atoms with Crippen LogP contribution in [0.4, 0.5) is 0 Å². The molecule has 1 heterocycles. The highest BCUT2D eigenvalue weighted by Crippen LogP contribution is 2.60. The Morgan fingerprint density at radius 2 is 1.94 bits per heavy atom. The number of rotatable bonds is 1. The molecule has 0 amide bonds. The zero-order valence-electron chi connectivity index (χ0n) is 9.69. The molecule has 0 radical (unpaired) electrons. The Bertz CT molecular complexity index is 428. The van der Waals surface area contributed by atoms with E-state index in [2.05, 4.69) is 19.9 Å². The minimum absolute atomic E-state index is 0.177. The minimum Gasteiger partial charge on any atom is -0.486 e. The van der Waals surface area contributed by atoms with Crippen molar-refractivity contribution in [1.82, 2.24) is 0 Å². The SMILES string of the molecule is CC1(C)[C@@H](N)[C@@H]1c1cccc2c1OCCO2. The van der Waals surface area contributed by atoms with Crippen molar-refractivity contribution in [3.8, 4) is 11.5 Å². The summed E-state index contributed by atoms with van der Waals surface area (Å²) < 4.78 is 11.3. The molecule has 1 fully saturated rings. The van der Waals surface area contributed by atoms with E-state index in [0.29, 0.717) is 19.1 Å². The van der Waals surface area contributed by atoms with Gasteiger partial charge in [0.1, 0.15) is 13.2 Å². The molecule has 3 heteroatoms. The van der Waals surface area contributed by atoms with Gasteiger partial charge in [-0.3, -0.25) is 0 Å². The van der Waals surface area contributed by atoms with Crippen molar-refractivity contribution in [2.75, 3.05) is 13.2 Å². The molecule has 1 aliphatic carbocycles. The van der Waals surface area contributed by atoms with Gasteiger partial charge in [-0.05, 0) is 11.5 Å². The van der Waals surface area contributed by atoms with Gasteiger partial charge in [0.2, 0.25) is 0 Å². The van der Waals surface area contributed by atoms with Crippen LogP contribution in [0.3, 0.4) is 0 Å². The van der Waals surface area contributed by atoms with Gasteiger partial charge in [0.05, 0.1) is 0 Å². The van der Waals surface area contributed by atoms with E-state index in [-0.39, 0.29) is 11.5 Å². The molecule has 3 nitrogen and oxygen atoms in total. The van der Waals surface area contributed by atoms with Crippen molar-refractivity contribution in [3.05, 3.63) is 23.8 Å². The van der Waals surface area contributed by atoms with Gasteiger partial charge in [0, 0.05) is 17.5 Å². The van der Waals surface area contributed by atoms with Gasteiger partial charge in [-0.15, -0.1) is 0 Å². The highest BCUT2D eigenvalue weighted by Gasteiger charge is 2.57. The standard InChI is InChI=1S/C13H17NO2/c1-13(2)10(12(13)14)8-4-3-5-9-11(8)16-7-6-15-9/h3-5,10,12H,6-7,14H2,1-2H3/t10-,12-/m0/s1. The summed E-state index contributed by atoms with van der Waals surface area (Å²) in [6, 6.07) is 6.31. The van der Waals surface area contributed by atoms with Crippen LogP contribution in [0.5, 0.6) is 11.5 Å². The summed E-state index contributed by atoms with van der Waals surface area (Å²) in [4.78, 5) is 0. The monoisotopic (exact) mass is 219 g/mol. The van der Waals surface area contributed by atoms with E-state index in [0.717, 1.165) is 11.5 Å². The van der Waals surface area contributed by atoms with Crippen LogP contribution in [0.1, 0.15) is 25.3 Å². The lowest BCUT2D eigenvalue weighted by Crippen LogP contribution is -2.16. The van der Waals surface area contributed by atoms with E-state index < -0.39 is 0 Å². The van der Waals surface area contributed by atoms with Crippen LogP contribution in [0, 0.1) is 5.41 Å². The molecule has 0 bridgehead atoms. The number of hydrogen-bond donors (Lipinski definition) is 1. The zero-order valence-corrected chi connectivity index (χ0v) is 9.69. The normalized spacial score (nSPS) is 29.9. The maximum absolute atomic E-state index is 6.11. The Balaban J connectivity index is 2.03. The first-order valence-electron chi connectivity index (χ1n) is 5.76. The van der Waals surface area contributed by atoms with Crippen molar-refractivity contribution >= 4 is 0 Å². The van der Waals surface area contributed by atoms with E-state index in [4.69, 9.17) is 15.2 Å². The first-order valence-corrected chi connectivity index (χ1v) is 5.76. The third kappa shape index (κ3) is 1.24. The Morgan fingerprint density at radius 3 is 2.62 bits per heavy atom. The average molecular weight is 219 g/mol. The van der Waals surface area contributed by atoms with E-state index in [1.54, 1.807) is 0 Å². The Labute approximate surface area is 95.5 Å². The van der Waals surface area contributed by atoms with Crippen LogP contribution in [0.15, 0.2) is 18.2 Å². The van der Waals surface area contributed by atoms with Gasteiger partial charge in [-0.2, -0.15) is 0 Å². The predicted molar refractivity (Wildman–Crippen MR) is 61.9 cm³/mol. The lowest BCUT2D eigenvalue weighted by Gasteiger charge is -2.21. The van der Waals surface area contributed by atoms with E-state index in [1.807, 2.05) is 12.1 Å². The van der Waals surface area contributed by atoms with E-state index in [1.165, 1.54) is 5.56 Å². The lowest BCUT2D eigenvalue weighted by molar-refractivity contribution is 0.169. The first kappa shape index (κ1) is 9.97. The molecule has 1 aromatic rings. The molecule has 3 rings (SSSR count). The molecule has 0 spiro atoms. The number of ether oxygens (including phenoxy) is 2. The van der Waals surface area contributed by atoms with Gasteiger partial charge < -0.3 is 15.2 Å². The summed E-state index contributed by atoms with van der Waals surface area (Å²) in [7, 11) is 0. The molecule has 2 atom stereocenters. The fourth-order valence-electron chi connectivity index (χ4n) is 2.61.